The summed E-state index contributed by atoms with van der Waals surface area (Å²) in [6.45, 7) is 1.91. The first-order valence-electron chi connectivity index (χ1n) is 5.70. The van der Waals surface area contributed by atoms with Crippen molar-refractivity contribution in [3.8, 4) is 0 Å². The minimum atomic E-state index is -0.360. The Morgan fingerprint density at radius 2 is 1.80 bits per heavy atom. The van der Waals surface area contributed by atoms with Crippen molar-refractivity contribution >= 4 is 52.1 Å². The van der Waals surface area contributed by atoms with Gasteiger partial charge in [0, 0.05) is 5.56 Å². The highest BCUT2D eigenvalue weighted by Crippen LogP contribution is 2.30. The number of hydrogen-bond donors (Lipinski definition) is 2. The van der Waals surface area contributed by atoms with E-state index in [1.807, 2.05) is 13.0 Å². The summed E-state index contributed by atoms with van der Waals surface area (Å²) >= 11 is 17.8. The number of nitrogen functional groups attached to an aromatic ring is 1. The molecular formula is C14H11Cl3N2O. The Kier molecular flexibility index (Phi) is 4.43. The van der Waals surface area contributed by atoms with E-state index in [0.717, 1.165) is 5.56 Å². The third-order valence-corrected chi connectivity index (χ3v) is 3.82. The van der Waals surface area contributed by atoms with Crippen LogP contribution in [0.3, 0.4) is 0 Å². The number of anilines is 2. The molecule has 0 aromatic heterocycles. The lowest BCUT2D eigenvalue weighted by Crippen LogP contribution is -2.12. The lowest BCUT2D eigenvalue weighted by molar-refractivity contribution is 0.102. The first kappa shape index (κ1) is 15.0. The van der Waals surface area contributed by atoms with Crippen LogP contribution in [-0.4, -0.2) is 5.91 Å². The fraction of sp³-hybridized carbons (Fsp3) is 0.0714. The molecule has 0 aliphatic carbocycles. The molecular weight excluding hydrogens is 319 g/mol. The summed E-state index contributed by atoms with van der Waals surface area (Å²) in [6.07, 6.45) is 0. The van der Waals surface area contributed by atoms with Gasteiger partial charge in [-0.3, -0.25) is 4.79 Å². The fourth-order valence-electron chi connectivity index (χ4n) is 1.66. The number of carbonyl (C=O) groups is 1. The van der Waals surface area contributed by atoms with Crippen molar-refractivity contribution in [1.82, 2.24) is 0 Å². The first-order valence-corrected chi connectivity index (χ1v) is 6.84. The molecule has 2 aromatic carbocycles. The zero-order chi connectivity index (χ0) is 14.9. The van der Waals surface area contributed by atoms with E-state index in [0.29, 0.717) is 16.3 Å². The monoisotopic (exact) mass is 328 g/mol. The number of hydrogen-bond acceptors (Lipinski definition) is 2. The molecule has 2 aromatic rings. The normalized spacial score (nSPS) is 10.4. The average molecular weight is 330 g/mol. The van der Waals surface area contributed by atoms with Gasteiger partial charge in [0.25, 0.3) is 5.91 Å². The third kappa shape index (κ3) is 3.18. The molecule has 1 amide bonds. The number of carbonyl (C=O) groups excluding carboxylic acids is 1. The summed E-state index contributed by atoms with van der Waals surface area (Å²) < 4.78 is 0. The lowest BCUT2D eigenvalue weighted by atomic mass is 10.1. The molecule has 3 nitrogen and oxygen atoms in total. The summed E-state index contributed by atoms with van der Waals surface area (Å²) in [5.41, 5.74) is 7.77. The summed E-state index contributed by atoms with van der Waals surface area (Å²) in [5, 5.41) is 3.63. The molecule has 0 saturated heterocycles. The van der Waals surface area contributed by atoms with Crippen LogP contribution in [0.2, 0.25) is 15.1 Å². The van der Waals surface area contributed by atoms with E-state index in [9.17, 15) is 4.79 Å². The van der Waals surface area contributed by atoms with Crippen LogP contribution in [0.25, 0.3) is 0 Å². The van der Waals surface area contributed by atoms with Gasteiger partial charge in [0.15, 0.2) is 0 Å². The summed E-state index contributed by atoms with van der Waals surface area (Å²) in [4.78, 5) is 12.1. The Morgan fingerprint density at radius 3 is 2.40 bits per heavy atom. The second kappa shape index (κ2) is 5.92. The third-order valence-electron chi connectivity index (χ3n) is 2.69. The van der Waals surface area contributed by atoms with E-state index < -0.39 is 0 Å². The zero-order valence-corrected chi connectivity index (χ0v) is 12.8. The van der Waals surface area contributed by atoms with Crippen molar-refractivity contribution < 1.29 is 4.79 Å². The van der Waals surface area contributed by atoms with Crippen LogP contribution in [0.4, 0.5) is 11.4 Å². The number of rotatable bonds is 2. The van der Waals surface area contributed by atoms with Crippen molar-refractivity contribution in [2.75, 3.05) is 11.1 Å². The highest BCUT2D eigenvalue weighted by atomic mass is 35.5. The number of aryl methyl sites for hydroxylation is 1. The lowest BCUT2D eigenvalue weighted by Gasteiger charge is -2.09. The van der Waals surface area contributed by atoms with Gasteiger partial charge >= 0.3 is 0 Å². The van der Waals surface area contributed by atoms with Gasteiger partial charge in [-0.25, -0.2) is 0 Å². The van der Waals surface area contributed by atoms with Crippen LogP contribution in [0.5, 0.6) is 0 Å². The Hall–Kier alpha value is -1.42. The van der Waals surface area contributed by atoms with Crippen LogP contribution in [-0.2, 0) is 0 Å². The predicted octanol–water partition coefficient (Wildman–Crippen LogP) is 4.79. The SMILES string of the molecule is Cc1ccc(NC(=O)c2cc(N)c(Cl)c(Cl)c2)c(Cl)c1. The molecule has 0 radical (unpaired) electrons. The highest BCUT2D eigenvalue weighted by molar-refractivity contribution is 6.44. The summed E-state index contributed by atoms with van der Waals surface area (Å²) in [6, 6.07) is 8.27. The van der Waals surface area contributed by atoms with Gasteiger partial charge in [0.2, 0.25) is 0 Å². The van der Waals surface area contributed by atoms with Gasteiger partial charge in [-0.05, 0) is 36.8 Å². The molecule has 20 heavy (non-hydrogen) atoms. The van der Waals surface area contributed by atoms with E-state index >= 15 is 0 Å². The number of nitrogens with one attached hydrogen (secondary N) is 1. The zero-order valence-electron chi connectivity index (χ0n) is 10.5. The molecule has 0 aliphatic rings. The molecule has 0 aliphatic heterocycles. The highest BCUT2D eigenvalue weighted by Gasteiger charge is 2.12. The Bertz CT molecular complexity index is 663. The minimum Gasteiger partial charge on any atom is -0.397 e. The summed E-state index contributed by atoms with van der Waals surface area (Å²) in [5.74, 6) is -0.360. The Labute approximate surface area is 131 Å². The molecule has 0 fully saturated rings. The van der Waals surface area contributed by atoms with Crippen molar-refractivity contribution in [3.05, 3.63) is 56.5 Å². The fourth-order valence-corrected chi connectivity index (χ4v) is 2.28. The minimum absolute atomic E-state index is 0.229. The Morgan fingerprint density at radius 1 is 1.10 bits per heavy atom. The molecule has 3 N–H and O–H groups in total. The topological polar surface area (TPSA) is 55.1 Å². The molecule has 0 heterocycles. The number of nitrogens with two attached hydrogens (primary N) is 1. The van der Waals surface area contributed by atoms with Gasteiger partial charge in [0.1, 0.15) is 0 Å². The quantitative estimate of drug-likeness (QED) is 0.778. The molecule has 104 valence electrons. The maximum atomic E-state index is 12.1. The van der Waals surface area contributed by atoms with E-state index in [-0.39, 0.29) is 21.6 Å². The average Bonchev–Trinajstić information content (AvgIpc) is 2.38. The molecule has 6 heteroatoms. The van der Waals surface area contributed by atoms with E-state index in [1.165, 1.54) is 12.1 Å². The van der Waals surface area contributed by atoms with Crippen molar-refractivity contribution in [2.45, 2.75) is 6.92 Å². The number of amides is 1. The van der Waals surface area contributed by atoms with Gasteiger partial charge in [0.05, 0.1) is 26.4 Å². The first-order chi connectivity index (χ1) is 9.38. The smallest absolute Gasteiger partial charge is 0.255 e. The molecule has 0 bridgehead atoms. The molecule has 0 unspecified atom stereocenters. The van der Waals surface area contributed by atoms with Crippen molar-refractivity contribution in [2.24, 2.45) is 0 Å². The molecule has 0 atom stereocenters. The molecule has 0 spiro atoms. The van der Waals surface area contributed by atoms with Gasteiger partial charge in [-0.15, -0.1) is 0 Å². The van der Waals surface area contributed by atoms with E-state index in [4.69, 9.17) is 40.5 Å². The van der Waals surface area contributed by atoms with E-state index in [2.05, 4.69) is 5.32 Å². The standard InChI is InChI=1S/C14H11Cl3N2O/c1-7-2-3-12(9(15)4-7)19-14(20)8-5-10(16)13(17)11(18)6-8/h2-6H,18H2,1H3,(H,19,20). The number of halogens is 3. The Balaban J connectivity index is 2.28. The van der Waals surface area contributed by atoms with Gasteiger partial charge < -0.3 is 11.1 Å². The van der Waals surface area contributed by atoms with E-state index in [1.54, 1.807) is 12.1 Å². The maximum Gasteiger partial charge on any atom is 0.255 e. The second-order valence-corrected chi connectivity index (χ2v) is 5.49. The van der Waals surface area contributed by atoms with Crippen LogP contribution < -0.4 is 11.1 Å². The largest absolute Gasteiger partial charge is 0.397 e. The number of benzene rings is 2. The second-order valence-electron chi connectivity index (χ2n) is 4.30. The van der Waals surface area contributed by atoms with Crippen molar-refractivity contribution in [3.63, 3.8) is 0 Å². The van der Waals surface area contributed by atoms with Crippen LogP contribution in [0.15, 0.2) is 30.3 Å². The van der Waals surface area contributed by atoms with Crippen molar-refractivity contribution in [1.29, 1.82) is 0 Å². The molecule has 2 rings (SSSR count). The van der Waals surface area contributed by atoms with Crippen LogP contribution in [0, 0.1) is 6.92 Å². The maximum absolute atomic E-state index is 12.1. The van der Waals surface area contributed by atoms with Crippen LogP contribution >= 0.6 is 34.8 Å². The van der Waals surface area contributed by atoms with Crippen LogP contribution in [0.1, 0.15) is 15.9 Å². The van der Waals surface area contributed by atoms with Gasteiger partial charge in [-0.2, -0.15) is 0 Å². The summed E-state index contributed by atoms with van der Waals surface area (Å²) in [7, 11) is 0. The molecule has 0 saturated carbocycles. The predicted molar refractivity (Wildman–Crippen MR) is 85.0 cm³/mol. The van der Waals surface area contributed by atoms with Gasteiger partial charge in [-0.1, -0.05) is 40.9 Å².